The quantitative estimate of drug-likeness (QED) is 0.700. The normalized spacial score (nSPS) is 20.7. The molecule has 74 valence electrons. The predicted molar refractivity (Wildman–Crippen MR) is 52.9 cm³/mol. The molecule has 3 nitrogen and oxygen atoms in total. The molecule has 0 aliphatic heterocycles. The van der Waals surface area contributed by atoms with Crippen LogP contribution >= 0.6 is 0 Å². The summed E-state index contributed by atoms with van der Waals surface area (Å²) in [5, 5.41) is 8.97. The molecule has 3 N–H and O–H groups in total. The Balaban J connectivity index is 2.50. The van der Waals surface area contributed by atoms with Crippen molar-refractivity contribution in [3.63, 3.8) is 0 Å². The number of fused-ring (bicyclic) bond motifs is 1. The summed E-state index contributed by atoms with van der Waals surface area (Å²) in [6.07, 6.45) is 1.24. The summed E-state index contributed by atoms with van der Waals surface area (Å²) in [6.45, 7) is -0.00576. The monoisotopic (exact) mass is 191 g/mol. The van der Waals surface area contributed by atoms with Crippen LogP contribution in [0.25, 0.3) is 0 Å². The third kappa shape index (κ3) is 1.45. The number of rotatable bonds is 1. The lowest BCUT2D eigenvalue weighted by Gasteiger charge is -2.21. The summed E-state index contributed by atoms with van der Waals surface area (Å²) in [6, 6.07) is 5.31. The van der Waals surface area contributed by atoms with Crippen molar-refractivity contribution in [2.45, 2.75) is 25.5 Å². The number of aliphatic hydroxyl groups excluding tert-OH is 1. The summed E-state index contributed by atoms with van der Waals surface area (Å²) < 4.78 is 0. The van der Waals surface area contributed by atoms with Crippen LogP contribution in [0, 0.1) is 0 Å². The Hall–Kier alpha value is -1.19. The van der Waals surface area contributed by atoms with Crippen LogP contribution in [0.1, 0.15) is 40.4 Å². The molecule has 14 heavy (non-hydrogen) atoms. The molecule has 0 aromatic heterocycles. The van der Waals surface area contributed by atoms with Gasteiger partial charge in [-0.05, 0) is 17.5 Å². The fraction of sp³-hybridized carbons (Fsp3) is 0.364. The van der Waals surface area contributed by atoms with Gasteiger partial charge in [-0.25, -0.2) is 0 Å². The van der Waals surface area contributed by atoms with E-state index in [1.807, 2.05) is 6.07 Å². The molecule has 0 saturated carbocycles. The standard InChI is InChI=1S/C11H13NO2/c12-10-3-4-11(14)8-2-1-7(6-13)5-9(8)10/h1-2,5,10,13H,3-4,6,12H2. The minimum atomic E-state index is -0.0609. The number of carbonyl (C=O) groups excluding carboxylic acids is 1. The highest BCUT2D eigenvalue weighted by Crippen LogP contribution is 2.28. The van der Waals surface area contributed by atoms with Crippen molar-refractivity contribution in [2.24, 2.45) is 5.73 Å². The molecule has 0 spiro atoms. The van der Waals surface area contributed by atoms with E-state index in [4.69, 9.17) is 10.8 Å². The van der Waals surface area contributed by atoms with E-state index in [-0.39, 0.29) is 18.4 Å². The SMILES string of the molecule is NC1CCC(=O)c2ccc(CO)cc21. The van der Waals surface area contributed by atoms with Crippen molar-refractivity contribution in [3.05, 3.63) is 34.9 Å². The molecule has 1 aliphatic carbocycles. The number of Topliss-reactive ketones (excluding diaryl/α,β-unsaturated/α-hetero) is 1. The molecule has 0 heterocycles. The second-order valence-electron chi connectivity index (χ2n) is 3.65. The average Bonchev–Trinajstić information content (AvgIpc) is 2.23. The molecule has 1 aliphatic rings. The molecular formula is C11H13NO2. The number of benzene rings is 1. The van der Waals surface area contributed by atoms with Crippen LogP contribution in [-0.4, -0.2) is 10.9 Å². The molecule has 0 fully saturated rings. The van der Waals surface area contributed by atoms with E-state index in [0.29, 0.717) is 12.8 Å². The third-order valence-corrected chi connectivity index (χ3v) is 2.68. The fourth-order valence-electron chi connectivity index (χ4n) is 1.85. The lowest BCUT2D eigenvalue weighted by molar-refractivity contribution is 0.0967. The topological polar surface area (TPSA) is 63.3 Å². The zero-order valence-corrected chi connectivity index (χ0v) is 7.86. The summed E-state index contributed by atoms with van der Waals surface area (Å²) in [4.78, 5) is 11.5. The highest BCUT2D eigenvalue weighted by molar-refractivity contribution is 5.98. The first kappa shape index (κ1) is 9.37. The second-order valence-corrected chi connectivity index (χ2v) is 3.65. The summed E-state index contributed by atoms with van der Waals surface area (Å²) in [5.74, 6) is 0.159. The van der Waals surface area contributed by atoms with Gasteiger partial charge in [0.2, 0.25) is 0 Å². The number of hydrogen-bond acceptors (Lipinski definition) is 3. The lowest BCUT2D eigenvalue weighted by Crippen LogP contribution is -2.21. The largest absolute Gasteiger partial charge is 0.392 e. The Kier molecular flexibility index (Phi) is 2.35. The molecule has 2 rings (SSSR count). The minimum Gasteiger partial charge on any atom is -0.392 e. The molecule has 1 unspecified atom stereocenters. The molecule has 0 amide bonds. The van der Waals surface area contributed by atoms with Crippen molar-refractivity contribution in [2.75, 3.05) is 0 Å². The van der Waals surface area contributed by atoms with Crippen LogP contribution in [0.3, 0.4) is 0 Å². The van der Waals surface area contributed by atoms with Crippen molar-refractivity contribution in [1.82, 2.24) is 0 Å². The first-order chi connectivity index (χ1) is 6.72. The predicted octanol–water partition coefficient (Wildman–Crippen LogP) is 1.16. The first-order valence-electron chi connectivity index (χ1n) is 4.75. The maximum absolute atomic E-state index is 11.5. The van der Waals surface area contributed by atoms with Crippen LogP contribution in [0.2, 0.25) is 0 Å². The zero-order chi connectivity index (χ0) is 10.1. The number of aliphatic hydroxyl groups is 1. The van der Waals surface area contributed by atoms with Crippen molar-refractivity contribution < 1.29 is 9.90 Å². The molecule has 0 radical (unpaired) electrons. The number of nitrogens with two attached hydrogens (primary N) is 1. The number of ketones is 1. The molecule has 1 atom stereocenters. The van der Waals surface area contributed by atoms with Gasteiger partial charge < -0.3 is 10.8 Å². The number of carbonyl (C=O) groups is 1. The molecule has 1 aromatic carbocycles. The zero-order valence-electron chi connectivity index (χ0n) is 7.86. The van der Waals surface area contributed by atoms with E-state index in [9.17, 15) is 4.79 Å². The van der Waals surface area contributed by atoms with Gasteiger partial charge in [0.25, 0.3) is 0 Å². The fourth-order valence-corrected chi connectivity index (χ4v) is 1.85. The van der Waals surface area contributed by atoms with Gasteiger partial charge >= 0.3 is 0 Å². The molecule has 1 aromatic rings. The summed E-state index contributed by atoms with van der Waals surface area (Å²) >= 11 is 0. The van der Waals surface area contributed by atoms with Crippen molar-refractivity contribution in [3.8, 4) is 0 Å². The lowest BCUT2D eigenvalue weighted by atomic mass is 9.86. The molecule has 0 bridgehead atoms. The van der Waals surface area contributed by atoms with E-state index in [0.717, 1.165) is 16.7 Å². The summed E-state index contributed by atoms with van der Waals surface area (Å²) in [5.41, 5.74) is 8.32. The van der Waals surface area contributed by atoms with E-state index in [1.165, 1.54) is 0 Å². The third-order valence-electron chi connectivity index (χ3n) is 2.68. The van der Waals surface area contributed by atoms with Crippen LogP contribution < -0.4 is 5.73 Å². The Bertz CT molecular complexity index is 374. The minimum absolute atomic E-state index is 0.00576. The van der Waals surface area contributed by atoms with Crippen LogP contribution in [0.4, 0.5) is 0 Å². The van der Waals surface area contributed by atoms with Gasteiger partial charge in [0.05, 0.1) is 6.61 Å². The van der Waals surface area contributed by atoms with Gasteiger partial charge in [0.15, 0.2) is 5.78 Å². The van der Waals surface area contributed by atoms with Gasteiger partial charge in [-0.1, -0.05) is 18.2 Å². The molecule has 0 saturated heterocycles. The van der Waals surface area contributed by atoms with E-state index in [2.05, 4.69) is 0 Å². The Morgan fingerprint density at radius 2 is 2.29 bits per heavy atom. The van der Waals surface area contributed by atoms with Crippen LogP contribution in [0.15, 0.2) is 18.2 Å². The summed E-state index contributed by atoms with van der Waals surface area (Å²) in [7, 11) is 0. The maximum atomic E-state index is 11.5. The first-order valence-corrected chi connectivity index (χ1v) is 4.75. The van der Waals surface area contributed by atoms with E-state index < -0.39 is 0 Å². The van der Waals surface area contributed by atoms with E-state index in [1.54, 1.807) is 12.1 Å². The van der Waals surface area contributed by atoms with Crippen LogP contribution in [0.5, 0.6) is 0 Å². The van der Waals surface area contributed by atoms with E-state index >= 15 is 0 Å². The van der Waals surface area contributed by atoms with Gasteiger partial charge in [-0.2, -0.15) is 0 Å². The number of hydrogen-bond donors (Lipinski definition) is 2. The molecular weight excluding hydrogens is 178 g/mol. The van der Waals surface area contributed by atoms with Crippen molar-refractivity contribution >= 4 is 5.78 Å². The van der Waals surface area contributed by atoms with Gasteiger partial charge in [0.1, 0.15) is 0 Å². The highest BCUT2D eigenvalue weighted by Gasteiger charge is 2.22. The average molecular weight is 191 g/mol. The Labute approximate surface area is 82.5 Å². The highest BCUT2D eigenvalue weighted by atomic mass is 16.3. The Morgan fingerprint density at radius 1 is 1.50 bits per heavy atom. The van der Waals surface area contributed by atoms with Gasteiger partial charge in [-0.15, -0.1) is 0 Å². The van der Waals surface area contributed by atoms with Gasteiger partial charge in [0, 0.05) is 18.0 Å². The van der Waals surface area contributed by atoms with Crippen molar-refractivity contribution in [1.29, 1.82) is 0 Å². The maximum Gasteiger partial charge on any atom is 0.163 e. The van der Waals surface area contributed by atoms with Gasteiger partial charge in [-0.3, -0.25) is 4.79 Å². The second kappa shape index (κ2) is 3.52. The Morgan fingerprint density at radius 3 is 3.00 bits per heavy atom. The molecule has 3 heteroatoms. The van der Waals surface area contributed by atoms with Crippen LogP contribution in [-0.2, 0) is 6.61 Å². The smallest absolute Gasteiger partial charge is 0.163 e.